The SMILES string of the molecule is Cc1ccccc1-c1noc(-c2ccccc2OCC(=O)NC2CCCCC2)n1. The second-order valence-corrected chi connectivity index (χ2v) is 7.43. The van der Waals surface area contributed by atoms with Crippen LogP contribution in [-0.2, 0) is 4.79 Å². The molecule has 1 heterocycles. The zero-order valence-electron chi connectivity index (χ0n) is 16.6. The van der Waals surface area contributed by atoms with Gasteiger partial charge in [-0.15, -0.1) is 0 Å². The van der Waals surface area contributed by atoms with Gasteiger partial charge in [-0.25, -0.2) is 0 Å². The molecule has 0 aliphatic heterocycles. The third-order valence-corrected chi connectivity index (χ3v) is 5.26. The molecule has 150 valence electrons. The van der Waals surface area contributed by atoms with Gasteiger partial charge in [-0.3, -0.25) is 4.79 Å². The lowest BCUT2D eigenvalue weighted by atomic mass is 9.95. The molecule has 0 saturated heterocycles. The van der Waals surface area contributed by atoms with Crippen LogP contribution in [0.25, 0.3) is 22.8 Å². The minimum Gasteiger partial charge on any atom is -0.483 e. The number of hydrogen-bond acceptors (Lipinski definition) is 5. The Hall–Kier alpha value is -3.15. The molecule has 1 aliphatic carbocycles. The Balaban J connectivity index is 1.46. The first-order valence-electron chi connectivity index (χ1n) is 10.1. The molecule has 1 amide bonds. The van der Waals surface area contributed by atoms with Gasteiger partial charge in [-0.1, -0.05) is 60.8 Å². The van der Waals surface area contributed by atoms with Crippen molar-refractivity contribution >= 4 is 5.91 Å². The number of aromatic nitrogens is 2. The molecular weight excluding hydrogens is 366 g/mol. The molecule has 0 bridgehead atoms. The highest BCUT2D eigenvalue weighted by Gasteiger charge is 2.18. The summed E-state index contributed by atoms with van der Waals surface area (Å²) in [5.41, 5.74) is 2.67. The number of aryl methyl sites for hydroxylation is 1. The minimum absolute atomic E-state index is 0.0354. The predicted octanol–water partition coefficient (Wildman–Crippen LogP) is 4.54. The molecule has 1 saturated carbocycles. The second-order valence-electron chi connectivity index (χ2n) is 7.43. The maximum Gasteiger partial charge on any atom is 0.262 e. The van der Waals surface area contributed by atoms with Crippen LogP contribution in [0.15, 0.2) is 53.1 Å². The molecule has 3 aromatic rings. The number of amides is 1. The Labute approximate surface area is 170 Å². The summed E-state index contributed by atoms with van der Waals surface area (Å²) in [6.07, 6.45) is 5.70. The maximum absolute atomic E-state index is 12.3. The van der Waals surface area contributed by atoms with E-state index in [0.29, 0.717) is 23.0 Å². The fourth-order valence-electron chi connectivity index (χ4n) is 3.69. The normalized spacial score (nSPS) is 14.5. The van der Waals surface area contributed by atoms with Crippen LogP contribution in [-0.4, -0.2) is 28.7 Å². The largest absolute Gasteiger partial charge is 0.483 e. The second kappa shape index (κ2) is 8.90. The van der Waals surface area contributed by atoms with Crippen LogP contribution in [0.5, 0.6) is 5.75 Å². The number of carbonyl (C=O) groups is 1. The van der Waals surface area contributed by atoms with Gasteiger partial charge in [0.15, 0.2) is 6.61 Å². The highest BCUT2D eigenvalue weighted by molar-refractivity contribution is 5.78. The van der Waals surface area contributed by atoms with Crippen LogP contribution in [0, 0.1) is 6.92 Å². The molecule has 6 heteroatoms. The summed E-state index contributed by atoms with van der Waals surface area (Å²) >= 11 is 0. The standard InChI is InChI=1S/C23H25N3O3/c1-16-9-5-6-12-18(16)22-25-23(29-26-22)19-13-7-8-14-20(19)28-15-21(27)24-17-10-3-2-4-11-17/h5-9,12-14,17H,2-4,10-11,15H2,1H3,(H,24,27). The Bertz CT molecular complexity index is 977. The van der Waals surface area contributed by atoms with Crippen LogP contribution >= 0.6 is 0 Å². The van der Waals surface area contributed by atoms with Crippen LogP contribution in [0.2, 0.25) is 0 Å². The van der Waals surface area contributed by atoms with Crippen molar-refractivity contribution in [2.45, 2.75) is 45.1 Å². The average molecular weight is 391 g/mol. The summed E-state index contributed by atoms with van der Waals surface area (Å²) in [6.45, 7) is 1.97. The highest BCUT2D eigenvalue weighted by atomic mass is 16.5. The summed E-state index contributed by atoms with van der Waals surface area (Å²) in [5, 5.41) is 7.18. The smallest absolute Gasteiger partial charge is 0.262 e. The third-order valence-electron chi connectivity index (χ3n) is 5.26. The summed E-state index contributed by atoms with van der Waals surface area (Å²) in [6, 6.07) is 15.5. The van der Waals surface area contributed by atoms with Crippen molar-refractivity contribution in [1.82, 2.24) is 15.5 Å². The van der Waals surface area contributed by atoms with Crippen molar-refractivity contribution < 1.29 is 14.1 Å². The van der Waals surface area contributed by atoms with E-state index in [0.717, 1.165) is 24.0 Å². The summed E-state index contributed by atoms with van der Waals surface area (Å²) in [4.78, 5) is 16.8. The van der Waals surface area contributed by atoms with Crippen LogP contribution in [0.3, 0.4) is 0 Å². The van der Waals surface area contributed by atoms with E-state index >= 15 is 0 Å². The van der Waals surface area contributed by atoms with Crippen LogP contribution < -0.4 is 10.1 Å². The number of ether oxygens (including phenoxy) is 1. The molecule has 1 aromatic heterocycles. The quantitative estimate of drug-likeness (QED) is 0.667. The topological polar surface area (TPSA) is 77.2 Å². The molecular formula is C23H25N3O3. The molecule has 0 spiro atoms. The van der Waals surface area contributed by atoms with E-state index in [1.54, 1.807) is 6.07 Å². The van der Waals surface area contributed by atoms with Gasteiger partial charge in [-0.2, -0.15) is 4.98 Å². The van der Waals surface area contributed by atoms with Gasteiger partial charge < -0.3 is 14.6 Å². The number of benzene rings is 2. The van der Waals surface area contributed by atoms with Crippen molar-refractivity contribution in [2.75, 3.05) is 6.61 Å². The number of carbonyl (C=O) groups excluding carboxylic acids is 1. The molecule has 6 nitrogen and oxygen atoms in total. The first-order valence-corrected chi connectivity index (χ1v) is 10.1. The molecule has 1 N–H and O–H groups in total. The molecule has 4 rings (SSSR count). The first kappa shape index (κ1) is 19.2. The van der Waals surface area contributed by atoms with Crippen molar-refractivity contribution in [3.05, 3.63) is 54.1 Å². The van der Waals surface area contributed by atoms with Gasteiger partial charge in [0.1, 0.15) is 5.75 Å². The summed E-state index contributed by atoms with van der Waals surface area (Å²) in [5.74, 6) is 1.35. The van der Waals surface area contributed by atoms with E-state index in [4.69, 9.17) is 9.26 Å². The minimum atomic E-state index is -0.0992. The first-order chi connectivity index (χ1) is 14.2. The number of nitrogens with one attached hydrogen (secondary N) is 1. The number of hydrogen-bond donors (Lipinski definition) is 1. The summed E-state index contributed by atoms with van der Waals surface area (Å²) in [7, 11) is 0. The third kappa shape index (κ3) is 4.65. The van der Waals surface area contributed by atoms with Crippen molar-refractivity contribution in [3.63, 3.8) is 0 Å². The van der Waals surface area contributed by atoms with Crippen LogP contribution in [0.1, 0.15) is 37.7 Å². The molecule has 1 fully saturated rings. The zero-order valence-corrected chi connectivity index (χ0v) is 16.6. The van der Waals surface area contributed by atoms with E-state index in [1.807, 2.05) is 49.4 Å². The molecule has 1 aliphatic rings. The fourth-order valence-corrected chi connectivity index (χ4v) is 3.69. The maximum atomic E-state index is 12.3. The zero-order chi connectivity index (χ0) is 20.1. The van der Waals surface area contributed by atoms with E-state index in [-0.39, 0.29) is 18.6 Å². The Morgan fingerprint density at radius 3 is 2.59 bits per heavy atom. The lowest BCUT2D eigenvalue weighted by Gasteiger charge is -2.22. The van der Waals surface area contributed by atoms with Crippen molar-refractivity contribution in [3.8, 4) is 28.6 Å². The van der Waals surface area contributed by atoms with Crippen molar-refractivity contribution in [1.29, 1.82) is 0 Å². The fraction of sp³-hybridized carbons (Fsp3) is 0.348. The molecule has 0 unspecified atom stereocenters. The van der Waals surface area contributed by atoms with Gasteiger partial charge in [0.2, 0.25) is 5.82 Å². The van der Waals surface area contributed by atoms with Crippen molar-refractivity contribution in [2.24, 2.45) is 0 Å². The van der Waals surface area contributed by atoms with Gasteiger partial charge >= 0.3 is 0 Å². The molecule has 2 aromatic carbocycles. The number of para-hydroxylation sites is 1. The highest BCUT2D eigenvalue weighted by Crippen LogP contribution is 2.30. The van der Waals surface area contributed by atoms with Gasteiger partial charge in [0.05, 0.1) is 5.56 Å². The van der Waals surface area contributed by atoms with E-state index in [9.17, 15) is 4.79 Å². The monoisotopic (exact) mass is 391 g/mol. The van der Waals surface area contributed by atoms with E-state index < -0.39 is 0 Å². The number of rotatable bonds is 6. The van der Waals surface area contributed by atoms with Crippen LogP contribution in [0.4, 0.5) is 0 Å². The van der Waals surface area contributed by atoms with Gasteiger partial charge in [0, 0.05) is 11.6 Å². The van der Waals surface area contributed by atoms with Gasteiger partial charge in [-0.05, 0) is 37.5 Å². The molecule has 0 atom stereocenters. The Kier molecular flexibility index (Phi) is 5.89. The summed E-state index contributed by atoms with van der Waals surface area (Å²) < 4.78 is 11.3. The Morgan fingerprint density at radius 2 is 1.79 bits per heavy atom. The lowest BCUT2D eigenvalue weighted by Crippen LogP contribution is -2.39. The number of nitrogens with zero attached hydrogens (tertiary/aromatic N) is 2. The van der Waals surface area contributed by atoms with E-state index in [2.05, 4.69) is 15.5 Å². The lowest BCUT2D eigenvalue weighted by molar-refractivity contribution is -0.124. The molecule has 0 radical (unpaired) electrons. The predicted molar refractivity (Wildman–Crippen MR) is 110 cm³/mol. The van der Waals surface area contributed by atoms with Gasteiger partial charge in [0.25, 0.3) is 11.8 Å². The Morgan fingerprint density at radius 1 is 1.07 bits per heavy atom. The van der Waals surface area contributed by atoms with E-state index in [1.165, 1.54) is 19.3 Å². The average Bonchev–Trinajstić information content (AvgIpc) is 3.23. The molecule has 29 heavy (non-hydrogen) atoms.